The van der Waals surface area contributed by atoms with Gasteiger partial charge in [-0.1, -0.05) is 19.1 Å². The summed E-state index contributed by atoms with van der Waals surface area (Å²) in [5.41, 5.74) is 0.961. The number of benzene rings is 1. The van der Waals surface area contributed by atoms with Crippen LogP contribution in [0.25, 0.3) is 0 Å². The Labute approximate surface area is 126 Å². The highest BCUT2D eigenvalue weighted by molar-refractivity contribution is 5.20. The van der Waals surface area contributed by atoms with Gasteiger partial charge in [-0.15, -0.1) is 0 Å². The molecule has 0 spiro atoms. The number of likely N-dealkylation sites (N-methyl/N-ethyl adjacent to an activating group) is 1. The van der Waals surface area contributed by atoms with E-state index in [2.05, 4.69) is 10.2 Å². The number of hydrogen-bond donors (Lipinski definition) is 2. The van der Waals surface area contributed by atoms with E-state index in [4.69, 9.17) is 4.74 Å². The van der Waals surface area contributed by atoms with E-state index < -0.39 is 6.10 Å². The molecule has 0 aromatic heterocycles. The Hall–Kier alpha value is -1.01. The molecule has 0 saturated heterocycles. The van der Waals surface area contributed by atoms with Crippen molar-refractivity contribution < 1.29 is 14.2 Å². The second-order valence-corrected chi connectivity index (χ2v) is 5.33. The number of hydrogen-bond acceptors (Lipinski definition) is 4. The maximum Gasteiger partial charge on any atom is 0.123 e. The lowest BCUT2D eigenvalue weighted by Gasteiger charge is -2.24. The van der Waals surface area contributed by atoms with Gasteiger partial charge in [-0.3, -0.25) is 0 Å². The van der Waals surface area contributed by atoms with E-state index in [-0.39, 0.29) is 11.9 Å². The van der Waals surface area contributed by atoms with E-state index in [1.165, 1.54) is 6.07 Å². The van der Waals surface area contributed by atoms with E-state index in [1.54, 1.807) is 19.2 Å². The SMILES string of the molecule is CCNC(CCN(C)CC(O)COC)c1cccc(F)c1. The number of rotatable bonds is 10. The van der Waals surface area contributed by atoms with E-state index in [9.17, 15) is 9.50 Å². The average molecular weight is 298 g/mol. The van der Waals surface area contributed by atoms with Crippen LogP contribution >= 0.6 is 0 Å². The third-order valence-electron chi connectivity index (χ3n) is 3.38. The van der Waals surface area contributed by atoms with Crippen LogP contribution in [0.4, 0.5) is 4.39 Å². The van der Waals surface area contributed by atoms with Gasteiger partial charge >= 0.3 is 0 Å². The lowest BCUT2D eigenvalue weighted by molar-refractivity contribution is 0.0426. The number of nitrogens with zero attached hydrogens (tertiary/aromatic N) is 1. The molecule has 0 aliphatic carbocycles. The van der Waals surface area contributed by atoms with Gasteiger partial charge in [-0.2, -0.15) is 0 Å². The minimum Gasteiger partial charge on any atom is -0.389 e. The number of methoxy groups -OCH3 is 1. The summed E-state index contributed by atoms with van der Waals surface area (Å²) in [6.45, 7) is 4.59. The predicted molar refractivity (Wildman–Crippen MR) is 82.8 cm³/mol. The van der Waals surface area contributed by atoms with Crippen LogP contribution in [0.2, 0.25) is 0 Å². The van der Waals surface area contributed by atoms with Crippen molar-refractivity contribution in [3.8, 4) is 0 Å². The maximum absolute atomic E-state index is 13.3. The molecule has 0 radical (unpaired) electrons. The summed E-state index contributed by atoms with van der Waals surface area (Å²) in [4.78, 5) is 2.06. The Kier molecular flexibility index (Phi) is 8.45. The molecule has 2 atom stereocenters. The standard InChI is InChI=1S/C16H27FN2O2/c1-4-18-16(13-6-5-7-14(17)10-13)8-9-19(2)11-15(20)12-21-3/h5-7,10,15-16,18,20H,4,8-9,11-12H2,1-3H3. The number of aliphatic hydroxyl groups is 1. The van der Waals surface area contributed by atoms with Gasteiger partial charge in [0, 0.05) is 19.7 Å². The fourth-order valence-electron chi connectivity index (χ4n) is 2.40. The first-order valence-corrected chi connectivity index (χ1v) is 7.41. The molecule has 21 heavy (non-hydrogen) atoms. The molecule has 1 rings (SSSR count). The number of nitrogens with one attached hydrogen (secondary N) is 1. The van der Waals surface area contributed by atoms with Crippen LogP contribution in [0.1, 0.15) is 24.9 Å². The molecule has 2 unspecified atom stereocenters. The van der Waals surface area contributed by atoms with Crippen molar-refractivity contribution in [3.63, 3.8) is 0 Å². The van der Waals surface area contributed by atoms with Crippen molar-refractivity contribution in [1.29, 1.82) is 0 Å². The summed E-state index contributed by atoms with van der Waals surface area (Å²) in [6.07, 6.45) is 0.375. The maximum atomic E-state index is 13.3. The fourth-order valence-corrected chi connectivity index (χ4v) is 2.40. The van der Waals surface area contributed by atoms with Crippen molar-refractivity contribution in [2.75, 3.05) is 40.4 Å². The molecule has 0 saturated carbocycles. The van der Waals surface area contributed by atoms with E-state index in [0.29, 0.717) is 13.2 Å². The van der Waals surface area contributed by atoms with Crippen LogP contribution in [0.15, 0.2) is 24.3 Å². The predicted octanol–water partition coefficient (Wildman–Crippen LogP) is 1.81. The first-order valence-electron chi connectivity index (χ1n) is 7.41. The minimum atomic E-state index is -0.480. The molecule has 4 nitrogen and oxygen atoms in total. The Balaban J connectivity index is 2.51. The molecule has 0 aliphatic heterocycles. The number of aliphatic hydroxyl groups excluding tert-OH is 1. The van der Waals surface area contributed by atoms with Crippen molar-refractivity contribution >= 4 is 0 Å². The molecule has 2 N–H and O–H groups in total. The molecule has 0 aliphatic rings. The molecule has 1 aromatic carbocycles. The Morgan fingerprint density at radius 1 is 1.43 bits per heavy atom. The third kappa shape index (κ3) is 7.00. The molecule has 5 heteroatoms. The summed E-state index contributed by atoms with van der Waals surface area (Å²) >= 11 is 0. The monoisotopic (exact) mass is 298 g/mol. The van der Waals surface area contributed by atoms with Gasteiger partial charge in [0.1, 0.15) is 5.82 Å². The zero-order valence-corrected chi connectivity index (χ0v) is 13.2. The van der Waals surface area contributed by atoms with Crippen LogP contribution in [0, 0.1) is 5.82 Å². The highest BCUT2D eigenvalue weighted by Gasteiger charge is 2.13. The van der Waals surface area contributed by atoms with Crippen LogP contribution in [-0.2, 0) is 4.74 Å². The van der Waals surface area contributed by atoms with Gasteiger partial charge in [-0.25, -0.2) is 4.39 Å². The average Bonchev–Trinajstić information content (AvgIpc) is 2.43. The minimum absolute atomic E-state index is 0.118. The third-order valence-corrected chi connectivity index (χ3v) is 3.38. The summed E-state index contributed by atoms with van der Waals surface area (Å²) < 4.78 is 18.3. The summed E-state index contributed by atoms with van der Waals surface area (Å²) in [7, 11) is 3.54. The van der Waals surface area contributed by atoms with Crippen molar-refractivity contribution in [2.24, 2.45) is 0 Å². The second kappa shape index (κ2) is 9.84. The smallest absolute Gasteiger partial charge is 0.123 e. The zero-order valence-electron chi connectivity index (χ0n) is 13.2. The van der Waals surface area contributed by atoms with Gasteiger partial charge in [0.05, 0.1) is 12.7 Å². The molecule has 0 heterocycles. The zero-order chi connectivity index (χ0) is 15.7. The highest BCUT2D eigenvalue weighted by atomic mass is 19.1. The van der Waals surface area contributed by atoms with Crippen LogP contribution < -0.4 is 5.32 Å². The topological polar surface area (TPSA) is 44.7 Å². The van der Waals surface area contributed by atoms with Gasteiger partial charge in [-0.05, 0) is 44.3 Å². The quantitative estimate of drug-likeness (QED) is 0.691. The van der Waals surface area contributed by atoms with Gasteiger partial charge < -0.3 is 20.1 Å². The second-order valence-electron chi connectivity index (χ2n) is 5.33. The molecule has 0 fully saturated rings. The molecule has 0 bridgehead atoms. The Morgan fingerprint density at radius 3 is 2.81 bits per heavy atom. The summed E-state index contributed by atoms with van der Waals surface area (Å²) in [5, 5.41) is 13.1. The Morgan fingerprint density at radius 2 is 2.19 bits per heavy atom. The molecule has 1 aromatic rings. The highest BCUT2D eigenvalue weighted by Crippen LogP contribution is 2.18. The first-order chi connectivity index (χ1) is 10.1. The van der Waals surface area contributed by atoms with Crippen molar-refractivity contribution in [3.05, 3.63) is 35.6 Å². The number of halogens is 1. The summed E-state index contributed by atoms with van der Waals surface area (Å²) in [6, 6.07) is 6.83. The van der Waals surface area contributed by atoms with E-state index in [0.717, 1.165) is 25.1 Å². The normalized spacial score (nSPS) is 14.4. The van der Waals surface area contributed by atoms with Crippen LogP contribution in [0.5, 0.6) is 0 Å². The lowest BCUT2D eigenvalue weighted by Crippen LogP contribution is -2.34. The Bertz CT molecular complexity index is 404. The first kappa shape index (κ1) is 18.0. The molecular weight excluding hydrogens is 271 g/mol. The fraction of sp³-hybridized carbons (Fsp3) is 0.625. The molecular formula is C16H27FN2O2. The van der Waals surface area contributed by atoms with Gasteiger partial charge in [0.25, 0.3) is 0 Å². The lowest BCUT2D eigenvalue weighted by atomic mass is 10.0. The van der Waals surface area contributed by atoms with E-state index >= 15 is 0 Å². The largest absolute Gasteiger partial charge is 0.389 e. The summed E-state index contributed by atoms with van der Waals surface area (Å²) in [5.74, 6) is -0.209. The van der Waals surface area contributed by atoms with Crippen LogP contribution in [-0.4, -0.2) is 56.5 Å². The molecule has 120 valence electrons. The van der Waals surface area contributed by atoms with E-state index in [1.807, 2.05) is 20.0 Å². The molecule has 0 amide bonds. The van der Waals surface area contributed by atoms with Crippen molar-refractivity contribution in [1.82, 2.24) is 10.2 Å². The van der Waals surface area contributed by atoms with Gasteiger partial charge in [0.15, 0.2) is 0 Å². The van der Waals surface area contributed by atoms with Gasteiger partial charge in [0.2, 0.25) is 0 Å². The van der Waals surface area contributed by atoms with Crippen molar-refractivity contribution in [2.45, 2.75) is 25.5 Å². The number of ether oxygens (including phenoxy) is 1. The van der Waals surface area contributed by atoms with Crippen LogP contribution in [0.3, 0.4) is 0 Å².